The number of benzene rings is 3. The van der Waals surface area contributed by atoms with Crippen molar-refractivity contribution < 1.29 is 18.3 Å². The number of thiazole rings is 1. The zero-order chi connectivity index (χ0) is 26.4. The molecule has 7 nitrogen and oxygen atoms in total. The molecule has 0 unspecified atom stereocenters. The first-order valence-corrected chi connectivity index (χ1v) is 14.2. The SMILES string of the molecule is Cc1cnc(NC(=O)c2cccc(S(=O)(=O)c3ccc(CCNC[C@@H](O)c4cccc(Cl)c4)cc3)c2)s1.Cl. The maximum absolute atomic E-state index is 13.2. The summed E-state index contributed by atoms with van der Waals surface area (Å²) in [6.45, 7) is 2.87. The third-order valence-corrected chi connectivity index (χ3v) is 8.47. The molecule has 0 saturated carbocycles. The molecule has 0 radical (unpaired) electrons. The van der Waals surface area contributed by atoms with Crippen LogP contribution in [0.2, 0.25) is 5.02 Å². The lowest BCUT2D eigenvalue weighted by molar-refractivity contribution is 0.102. The predicted molar refractivity (Wildman–Crippen MR) is 153 cm³/mol. The lowest BCUT2D eigenvalue weighted by Crippen LogP contribution is -2.23. The molecule has 0 spiro atoms. The van der Waals surface area contributed by atoms with E-state index in [4.69, 9.17) is 11.6 Å². The molecule has 3 N–H and O–H groups in total. The number of anilines is 1. The number of hydrogen-bond acceptors (Lipinski definition) is 7. The summed E-state index contributed by atoms with van der Waals surface area (Å²) >= 11 is 7.32. The maximum Gasteiger partial charge on any atom is 0.257 e. The number of rotatable bonds is 10. The van der Waals surface area contributed by atoms with Gasteiger partial charge in [-0.2, -0.15) is 0 Å². The summed E-state index contributed by atoms with van der Waals surface area (Å²) in [5, 5.41) is 17.2. The molecular weight excluding hydrogens is 565 g/mol. The Kier molecular flexibility index (Phi) is 10.4. The van der Waals surface area contributed by atoms with Crippen LogP contribution in [0.1, 0.15) is 32.5 Å². The molecule has 1 amide bonds. The van der Waals surface area contributed by atoms with E-state index in [2.05, 4.69) is 15.6 Å². The zero-order valence-electron chi connectivity index (χ0n) is 20.4. The number of carbonyl (C=O) groups is 1. The third-order valence-electron chi connectivity index (χ3n) is 5.64. The van der Waals surface area contributed by atoms with Crippen LogP contribution in [0.25, 0.3) is 0 Å². The van der Waals surface area contributed by atoms with Crippen LogP contribution >= 0.6 is 35.3 Å². The molecule has 0 aliphatic carbocycles. The largest absolute Gasteiger partial charge is 0.387 e. The van der Waals surface area contributed by atoms with Gasteiger partial charge >= 0.3 is 0 Å². The van der Waals surface area contributed by atoms with Crippen molar-refractivity contribution in [2.24, 2.45) is 0 Å². The Morgan fingerprint density at radius 3 is 2.47 bits per heavy atom. The van der Waals surface area contributed by atoms with Crippen LogP contribution in [-0.4, -0.2) is 37.5 Å². The molecule has 1 atom stereocenters. The van der Waals surface area contributed by atoms with E-state index in [-0.39, 0.29) is 27.8 Å². The van der Waals surface area contributed by atoms with Crippen molar-refractivity contribution in [1.29, 1.82) is 0 Å². The van der Waals surface area contributed by atoms with E-state index >= 15 is 0 Å². The van der Waals surface area contributed by atoms with Gasteiger partial charge in [-0.15, -0.1) is 23.7 Å². The second kappa shape index (κ2) is 13.3. The molecule has 3 aromatic carbocycles. The van der Waals surface area contributed by atoms with Crippen molar-refractivity contribution >= 4 is 56.2 Å². The minimum absolute atomic E-state index is 0. The summed E-state index contributed by atoms with van der Waals surface area (Å²) in [4.78, 5) is 17.8. The lowest BCUT2D eigenvalue weighted by Gasteiger charge is -2.13. The van der Waals surface area contributed by atoms with E-state index in [1.807, 2.05) is 13.0 Å². The number of aliphatic hydroxyl groups is 1. The number of sulfone groups is 1. The predicted octanol–water partition coefficient (Wildman–Crippen LogP) is 5.48. The van der Waals surface area contributed by atoms with Crippen LogP contribution < -0.4 is 10.6 Å². The topological polar surface area (TPSA) is 108 Å². The van der Waals surface area contributed by atoms with Crippen LogP contribution in [0, 0.1) is 6.92 Å². The highest BCUT2D eigenvalue weighted by atomic mass is 35.5. The van der Waals surface area contributed by atoms with Crippen LogP contribution in [-0.2, 0) is 16.3 Å². The van der Waals surface area contributed by atoms with Crippen molar-refractivity contribution in [3.8, 4) is 0 Å². The quantitative estimate of drug-likeness (QED) is 0.211. The lowest BCUT2D eigenvalue weighted by atomic mass is 10.1. The van der Waals surface area contributed by atoms with Gasteiger partial charge in [-0.1, -0.05) is 41.9 Å². The molecule has 0 saturated heterocycles. The fourth-order valence-electron chi connectivity index (χ4n) is 3.66. The first-order chi connectivity index (χ1) is 17.7. The summed E-state index contributed by atoms with van der Waals surface area (Å²) in [7, 11) is -3.80. The highest BCUT2D eigenvalue weighted by Crippen LogP contribution is 2.24. The van der Waals surface area contributed by atoms with E-state index in [1.54, 1.807) is 60.8 Å². The molecule has 1 heterocycles. The third kappa shape index (κ3) is 7.63. The smallest absolute Gasteiger partial charge is 0.257 e. The average molecular weight is 593 g/mol. The van der Waals surface area contributed by atoms with Gasteiger partial charge in [-0.05, 0) is 73.5 Å². The minimum Gasteiger partial charge on any atom is -0.387 e. The number of nitrogens with zero attached hydrogens (tertiary/aromatic N) is 1. The van der Waals surface area contributed by atoms with E-state index in [9.17, 15) is 18.3 Å². The maximum atomic E-state index is 13.2. The Hall–Kier alpha value is -2.79. The molecule has 4 aromatic rings. The fraction of sp³-hybridized carbons (Fsp3) is 0.185. The summed E-state index contributed by atoms with van der Waals surface area (Å²) in [6.07, 6.45) is 1.65. The Labute approximate surface area is 237 Å². The Bertz CT molecular complexity index is 1490. The highest BCUT2D eigenvalue weighted by Gasteiger charge is 2.19. The normalized spacial score (nSPS) is 12.0. The monoisotopic (exact) mass is 591 g/mol. The van der Waals surface area contributed by atoms with E-state index < -0.39 is 21.8 Å². The number of carbonyl (C=O) groups excluding carboxylic acids is 1. The van der Waals surface area contributed by atoms with Gasteiger partial charge in [0, 0.05) is 28.2 Å². The molecule has 1 aromatic heterocycles. The van der Waals surface area contributed by atoms with Gasteiger partial charge in [0.25, 0.3) is 5.91 Å². The number of halogens is 2. The molecule has 4 rings (SSSR count). The van der Waals surface area contributed by atoms with Crippen LogP contribution in [0.5, 0.6) is 0 Å². The number of aryl methyl sites for hydroxylation is 1. The second-order valence-electron chi connectivity index (χ2n) is 8.43. The van der Waals surface area contributed by atoms with Crippen LogP contribution in [0.4, 0.5) is 5.13 Å². The van der Waals surface area contributed by atoms with Gasteiger partial charge in [0.15, 0.2) is 5.13 Å². The number of nitrogens with one attached hydrogen (secondary N) is 2. The van der Waals surface area contributed by atoms with Gasteiger partial charge in [-0.3, -0.25) is 10.1 Å². The summed E-state index contributed by atoms with van der Waals surface area (Å²) < 4.78 is 26.4. The Morgan fingerprint density at radius 2 is 1.79 bits per heavy atom. The van der Waals surface area contributed by atoms with Gasteiger partial charge in [0.1, 0.15) is 0 Å². The van der Waals surface area contributed by atoms with Crippen molar-refractivity contribution in [2.45, 2.75) is 29.2 Å². The average Bonchev–Trinajstić information content (AvgIpc) is 3.31. The van der Waals surface area contributed by atoms with Gasteiger partial charge in [-0.25, -0.2) is 13.4 Å². The number of amides is 1. The fourth-order valence-corrected chi connectivity index (χ4v) is 5.83. The molecule has 200 valence electrons. The van der Waals surface area contributed by atoms with Crippen LogP contribution in [0.3, 0.4) is 0 Å². The van der Waals surface area contributed by atoms with Crippen LogP contribution in [0.15, 0.2) is 88.8 Å². The molecule has 11 heteroatoms. The Morgan fingerprint density at radius 1 is 1.05 bits per heavy atom. The van der Waals surface area contributed by atoms with Gasteiger partial charge in [0.05, 0.1) is 15.9 Å². The van der Waals surface area contributed by atoms with Crippen molar-refractivity contribution in [3.05, 3.63) is 106 Å². The zero-order valence-corrected chi connectivity index (χ0v) is 23.6. The van der Waals surface area contributed by atoms with E-state index in [0.29, 0.717) is 29.7 Å². The molecule has 0 aliphatic rings. The second-order valence-corrected chi connectivity index (χ2v) is 12.1. The minimum atomic E-state index is -3.80. The first kappa shape index (κ1) is 29.8. The molecular formula is C27H27Cl2N3O4S2. The number of aromatic nitrogens is 1. The van der Waals surface area contributed by atoms with E-state index in [1.165, 1.54) is 23.5 Å². The number of hydrogen-bond donors (Lipinski definition) is 3. The van der Waals surface area contributed by atoms with Gasteiger partial charge in [0.2, 0.25) is 9.84 Å². The summed E-state index contributed by atoms with van der Waals surface area (Å²) in [5.41, 5.74) is 1.93. The molecule has 38 heavy (non-hydrogen) atoms. The summed E-state index contributed by atoms with van der Waals surface area (Å²) in [6, 6.07) is 19.7. The summed E-state index contributed by atoms with van der Waals surface area (Å²) in [5.74, 6) is -0.422. The van der Waals surface area contributed by atoms with Gasteiger partial charge < -0.3 is 10.4 Å². The highest BCUT2D eigenvalue weighted by molar-refractivity contribution is 7.91. The molecule has 0 aliphatic heterocycles. The van der Waals surface area contributed by atoms with Crippen molar-refractivity contribution in [1.82, 2.24) is 10.3 Å². The standard InChI is InChI=1S/C27H26ClN3O4S2.ClH/c1-18-16-30-27(36-18)31-26(33)21-5-3-7-24(15-21)37(34,35)23-10-8-19(9-11-23)12-13-29-17-25(32)20-4-2-6-22(28)14-20;/h2-11,14-16,25,29,32H,12-13,17H2,1H3,(H,30,31,33);1H/t25-;/m1./s1. The Balaban J connectivity index is 0.00000400. The van der Waals surface area contributed by atoms with Crippen molar-refractivity contribution in [3.63, 3.8) is 0 Å². The van der Waals surface area contributed by atoms with Crippen molar-refractivity contribution in [2.75, 3.05) is 18.4 Å². The number of aliphatic hydroxyl groups excluding tert-OH is 1. The molecule has 0 bridgehead atoms. The molecule has 0 fully saturated rings. The first-order valence-electron chi connectivity index (χ1n) is 11.5. The van der Waals surface area contributed by atoms with E-state index in [0.717, 1.165) is 16.0 Å².